The number of aliphatic hydroxyl groups excluding tert-OH is 4. The van der Waals surface area contributed by atoms with Crippen LogP contribution in [0.3, 0.4) is 0 Å². The van der Waals surface area contributed by atoms with Crippen LogP contribution in [0.4, 0.5) is 4.39 Å². The van der Waals surface area contributed by atoms with Crippen molar-refractivity contribution in [3.05, 3.63) is 76.1 Å². The Bertz CT molecular complexity index is 1110. The summed E-state index contributed by atoms with van der Waals surface area (Å²) >= 11 is 6.66. The normalized spacial score (nSPS) is 26.2. The van der Waals surface area contributed by atoms with Crippen LogP contribution in [0, 0.1) is 5.82 Å². The Kier molecular flexibility index (Phi) is 6.16. The Morgan fingerprint density at radius 1 is 0.968 bits per heavy atom. The molecule has 164 valence electrons. The number of benzene rings is 3. The number of hydrogen-bond donors (Lipinski definition) is 4. The molecule has 5 atom stereocenters. The highest BCUT2D eigenvalue weighted by atomic mass is 35.5. The summed E-state index contributed by atoms with van der Waals surface area (Å²) in [6.45, 7) is 0. The van der Waals surface area contributed by atoms with E-state index in [-0.39, 0.29) is 12.2 Å². The third kappa shape index (κ3) is 4.01. The molecule has 3 aromatic rings. The molecule has 6 nitrogen and oxygen atoms in total. The SMILES string of the molecule is COc1ccc(Cc2cc([C@@H]3O[C@H](O)[C@@H](O)[C@H](O)[C@H]3O)c3ccccc3c2Cl)cc1F. The van der Waals surface area contributed by atoms with Crippen LogP contribution < -0.4 is 4.74 Å². The maximum absolute atomic E-state index is 14.2. The quantitative estimate of drug-likeness (QED) is 0.490. The van der Waals surface area contributed by atoms with E-state index in [1.165, 1.54) is 19.2 Å². The van der Waals surface area contributed by atoms with E-state index in [9.17, 15) is 24.8 Å². The maximum atomic E-state index is 14.2. The number of hydrogen-bond acceptors (Lipinski definition) is 6. The molecule has 0 bridgehead atoms. The Morgan fingerprint density at radius 2 is 1.68 bits per heavy atom. The van der Waals surface area contributed by atoms with Crippen molar-refractivity contribution < 1.29 is 34.3 Å². The molecule has 8 heteroatoms. The van der Waals surface area contributed by atoms with E-state index in [1.54, 1.807) is 36.4 Å². The Labute approximate surface area is 183 Å². The standard InChI is InChI=1S/C23H22ClFO6/c1-30-17-7-6-11(9-16(17)25)8-12-10-15(13-4-2-3-5-14(13)18(12)24)22-20(27)19(26)21(28)23(29)31-22/h2-7,9-10,19-23,26-29H,8H2,1H3/t19-,20-,21+,22+,23+/m1/s1. The smallest absolute Gasteiger partial charge is 0.184 e. The lowest BCUT2D eigenvalue weighted by atomic mass is 9.88. The van der Waals surface area contributed by atoms with Crippen LogP contribution in [0.5, 0.6) is 5.75 Å². The second-order valence-electron chi connectivity index (χ2n) is 7.55. The van der Waals surface area contributed by atoms with Crippen molar-refractivity contribution in [3.63, 3.8) is 0 Å². The molecule has 4 N–H and O–H groups in total. The van der Waals surface area contributed by atoms with Gasteiger partial charge in [0, 0.05) is 5.39 Å². The molecule has 0 unspecified atom stereocenters. The highest BCUT2D eigenvalue weighted by molar-refractivity contribution is 6.36. The lowest BCUT2D eigenvalue weighted by molar-refractivity contribution is -0.284. The van der Waals surface area contributed by atoms with E-state index in [1.807, 2.05) is 0 Å². The molecule has 0 aliphatic carbocycles. The van der Waals surface area contributed by atoms with Crippen LogP contribution in [0.15, 0.2) is 48.5 Å². The van der Waals surface area contributed by atoms with Crippen LogP contribution in [0.2, 0.25) is 5.02 Å². The van der Waals surface area contributed by atoms with Gasteiger partial charge in [0.25, 0.3) is 0 Å². The lowest BCUT2D eigenvalue weighted by Crippen LogP contribution is -2.54. The molecule has 0 amide bonds. The molecular formula is C23H22ClFO6. The number of methoxy groups -OCH3 is 1. The van der Waals surface area contributed by atoms with Crippen molar-refractivity contribution in [1.29, 1.82) is 0 Å². The van der Waals surface area contributed by atoms with E-state index < -0.39 is 36.5 Å². The molecule has 1 aliphatic heterocycles. The minimum Gasteiger partial charge on any atom is -0.494 e. The van der Waals surface area contributed by atoms with Crippen LogP contribution in [-0.2, 0) is 11.2 Å². The van der Waals surface area contributed by atoms with Gasteiger partial charge in [-0.2, -0.15) is 0 Å². The van der Waals surface area contributed by atoms with E-state index in [4.69, 9.17) is 21.1 Å². The Balaban J connectivity index is 1.81. The van der Waals surface area contributed by atoms with E-state index >= 15 is 0 Å². The van der Waals surface area contributed by atoms with Crippen LogP contribution in [-0.4, -0.2) is 52.1 Å². The van der Waals surface area contributed by atoms with Gasteiger partial charge >= 0.3 is 0 Å². The average molecular weight is 449 g/mol. The van der Waals surface area contributed by atoms with Gasteiger partial charge in [0.05, 0.1) is 12.1 Å². The summed E-state index contributed by atoms with van der Waals surface area (Å²) < 4.78 is 24.6. The summed E-state index contributed by atoms with van der Waals surface area (Å²) in [6.07, 6.45) is -7.20. The van der Waals surface area contributed by atoms with Crippen molar-refractivity contribution in [1.82, 2.24) is 0 Å². The summed E-state index contributed by atoms with van der Waals surface area (Å²) in [5, 5.41) is 42.3. The van der Waals surface area contributed by atoms with E-state index in [0.29, 0.717) is 32.5 Å². The van der Waals surface area contributed by atoms with Gasteiger partial charge in [0.1, 0.15) is 24.4 Å². The molecule has 1 heterocycles. The Morgan fingerprint density at radius 3 is 2.35 bits per heavy atom. The van der Waals surface area contributed by atoms with E-state index in [2.05, 4.69) is 0 Å². The summed E-state index contributed by atoms with van der Waals surface area (Å²) in [7, 11) is 1.39. The molecule has 1 saturated heterocycles. The van der Waals surface area contributed by atoms with Crippen LogP contribution in [0.25, 0.3) is 10.8 Å². The molecule has 31 heavy (non-hydrogen) atoms. The van der Waals surface area contributed by atoms with Gasteiger partial charge in [-0.05, 0) is 40.6 Å². The zero-order valence-electron chi connectivity index (χ0n) is 16.6. The van der Waals surface area contributed by atoms with Crippen LogP contribution in [0.1, 0.15) is 22.8 Å². The molecular weight excluding hydrogens is 427 g/mol. The van der Waals surface area contributed by atoms with Crippen LogP contribution >= 0.6 is 11.6 Å². The number of rotatable bonds is 4. The third-order valence-electron chi connectivity index (χ3n) is 5.59. The van der Waals surface area contributed by atoms with Crippen molar-refractivity contribution in [2.45, 2.75) is 37.1 Å². The predicted molar refractivity (Wildman–Crippen MR) is 113 cm³/mol. The fraction of sp³-hybridized carbons (Fsp3) is 0.304. The van der Waals surface area contributed by atoms with Gasteiger partial charge in [-0.25, -0.2) is 4.39 Å². The topological polar surface area (TPSA) is 99.4 Å². The summed E-state index contributed by atoms with van der Waals surface area (Å²) in [5.41, 5.74) is 1.79. The fourth-order valence-corrected chi connectivity index (χ4v) is 4.24. The monoisotopic (exact) mass is 448 g/mol. The van der Waals surface area contributed by atoms with Gasteiger partial charge in [0.2, 0.25) is 0 Å². The molecule has 1 aliphatic rings. The average Bonchev–Trinajstić information content (AvgIpc) is 2.77. The zero-order valence-corrected chi connectivity index (χ0v) is 17.3. The minimum atomic E-state index is -1.67. The van der Waals surface area contributed by atoms with Crippen molar-refractivity contribution in [2.24, 2.45) is 0 Å². The highest BCUT2D eigenvalue weighted by Crippen LogP contribution is 2.40. The van der Waals surface area contributed by atoms with Crippen molar-refractivity contribution >= 4 is 22.4 Å². The molecule has 0 saturated carbocycles. The molecule has 1 fully saturated rings. The summed E-state index contributed by atoms with van der Waals surface area (Å²) in [5.74, 6) is -0.363. The first kappa shape index (κ1) is 22.0. The molecule has 0 radical (unpaired) electrons. The molecule has 4 rings (SSSR count). The van der Waals surface area contributed by atoms with Crippen molar-refractivity contribution in [3.8, 4) is 5.75 Å². The summed E-state index contributed by atoms with van der Waals surface area (Å²) in [4.78, 5) is 0. The second-order valence-corrected chi connectivity index (χ2v) is 7.93. The van der Waals surface area contributed by atoms with Gasteiger partial charge in [-0.15, -0.1) is 0 Å². The van der Waals surface area contributed by atoms with Gasteiger partial charge < -0.3 is 29.9 Å². The van der Waals surface area contributed by atoms with Gasteiger partial charge in [-0.1, -0.05) is 48.0 Å². The van der Waals surface area contributed by atoms with Gasteiger partial charge in [0.15, 0.2) is 17.9 Å². The molecule has 0 aromatic heterocycles. The predicted octanol–water partition coefficient (Wildman–Crippen LogP) is 2.70. The molecule has 3 aromatic carbocycles. The minimum absolute atomic E-state index is 0.134. The van der Waals surface area contributed by atoms with E-state index in [0.717, 1.165) is 0 Å². The number of aliphatic hydroxyl groups is 4. The molecule has 0 spiro atoms. The Hall–Kier alpha value is -2.26. The lowest BCUT2D eigenvalue weighted by Gasteiger charge is -2.39. The van der Waals surface area contributed by atoms with Gasteiger partial charge in [-0.3, -0.25) is 0 Å². The first-order valence-electron chi connectivity index (χ1n) is 9.72. The highest BCUT2D eigenvalue weighted by Gasteiger charge is 2.44. The second kappa shape index (κ2) is 8.70. The first-order valence-corrected chi connectivity index (χ1v) is 10.1. The first-order chi connectivity index (χ1) is 14.8. The largest absolute Gasteiger partial charge is 0.494 e. The number of fused-ring (bicyclic) bond motifs is 1. The number of ether oxygens (including phenoxy) is 2. The van der Waals surface area contributed by atoms with Crippen molar-refractivity contribution in [2.75, 3.05) is 7.11 Å². The third-order valence-corrected chi connectivity index (χ3v) is 6.04. The maximum Gasteiger partial charge on any atom is 0.184 e. The number of halogens is 2. The zero-order chi connectivity index (χ0) is 22.3. The fourth-order valence-electron chi connectivity index (χ4n) is 3.95. The summed E-state index contributed by atoms with van der Waals surface area (Å²) in [6, 6.07) is 13.5.